The van der Waals surface area contributed by atoms with Crippen LogP contribution in [0.2, 0.25) is 0 Å². The van der Waals surface area contributed by atoms with Gasteiger partial charge in [0, 0.05) is 16.9 Å². The highest BCUT2D eigenvalue weighted by molar-refractivity contribution is 5.90. The molecule has 0 aliphatic heterocycles. The molecule has 2 N–H and O–H groups in total. The van der Waals surface area contributed by atoms with Crippen molar-refractivity contribution >= 4 is 17.4 Å². The van der Waals surface area contributed by atoms with Gasteiger partial charge in [0.15, 0.2) is 0 Å². The molecule has 0 spiro atoms. The summed E-state index contributed by atoms with van der Waals surface area (Å²) in [6.45, 7) is 7.04. The minimum absolute atomic E-state index is 0. The number of carbonyl (C=O) groups is 1. The van der Waals surface area contributed by atoms with Gasteiger partial charge in [-0.15, -0.1) is 0 Å². The summed E-state index contributed by atoms with van der Waals surface area (Å²) in [5.41, 5.74) is -2.76. The van der Waals surface area contributed by atoms with Gasteiger partial charge < -0.3 is 15.2 Å². The third kappa shape index (κ3) is 9.55. The van der Waals surface area contributed by atoms with E-state index >= 15 is 0 Å². The first-order chi connectivity index (χ1) is 17.8. The minimum Gasteiger partial charge on any atom is -0.488 e. The minimum atomic E-state index is -4.86. The monoisotopic (exact) mass is 553 g/mol. The number of ether oxygens (including phenoxy) is 1. The van der Waals surface area contributed by atoms with Gasteiger partial charge in [-0.25, -0.2) is 4.79 Å². The zero-order valence-corrected chi connectivity index (χ0v) is 20.5. The lowest BCUT2D eigenvalue weighted by Gasteiger charge is -2.19. The summed E-state index contributed by atoms with van der Waals surface area (Å²) in [6, 6.07) is 4.81. The summed E-state index contributed by atoms with van der Waals surface area (Å²) >= 11 is 0. The van der Waals surface area contributed by atoms with Gasteiger partial charge in [0.05, 0.1) is 16.7 Å². The van der Waals surface area contributed by atoms with Crippen molar-refractivity contribution in [2.75, 3.05) is 11.9 Å². The molecule has 0 bridgehead atoms. The predicted octanol–water partition coefficient (Wildman–Crippen LogP) is 9.15. The molecular weight excluding hydrogens is 524 g/mol. The SMILES string of the molecule is C.C=C/C(=C\C=C/C)COc1ccc(C(F)(F)F)cc1/C(=C/C=C/C)Nc1cc(C(=O)O)cc(C(F)(F)F)c1. The Morgan fingerprint density at radius 3 is 2.10 bits per heavy atom. The van der Waals surface area contributed by atoms with Crippen molar-refractivity contribution in [3.8, 4) is 5.75 Å². The maximum Gasteiger partial charge on any atom is 0.416 e. The molecular formula is C29H29F6NO3. The van der Waals surface area contributed by atoms with Crippen LogP contribution in [0.5, 0.6) is 5.75 Å². The van der Waals surface area contributed by atoms with Crippen molar-refractivity contribution in [2.24, 2.45) is 0 Å². The molecule has 0 atom stereocenters. The van der Waals surface area contributed by atoms with E-state index in [-0.39, 0.29) is 36.7 Å². The van der Waals surface area contributed by atoms with Crippen LogP contribution in [0.3, 0.4) is 0 Å². The molecule has 0 fully saturated rings. The van der Waals surface area contributed by atoms with Crippen LogP contribution < -0.4 is 10.1 Å². The average Bonchev–Trinajstić information content (AvgIpc) is 2.85. The van der Waals surface area contributed by atoms with Gasteiger partial charge in [-0.3, -0.25) is 0 Å². The second-order valence-electron chi connectivity index (χ2n) is 7.80. The lowest BCUT2D eigenvalue weighted by atomic mass is 10.0. The van der Waals surface area contributed by atoms with E-state index in [1.54, 1.807) is 38.2 Å². The number of benzene rings is 2. The van der Waals surface area contributed by atoms with Crippen molar-refractivity contribution in [2.45, 2.75) is 33.6 Å². The maximum absolute atomic E-state index is 13.6. The van der Waals surface area contributed by atoms with E-state index in [1.165, 1.54) is 18.2 Å². The Morgan fingerprint density at radius 1 is 0.949 bits per heavy atom. The third-order valence-corrected chi connectivity index (χ3v) is 5.00. The number of allylic oxidation sites excluding steroid dienone is 6. The predicted molar refractivity (Wildman–Crippen MR) is 142 cm³/mol. The molecule has 0 aromatic heterocycles. The molecule has 210 valence electrons. The van der Waals surface area contributed by atoms with Gasteiger partial charge in [0.1, 0.15) is 12.4 Å². The summed E-state index contributed by atoms with van der Waals surface area (Å²) < 4.78 is 86.7. The Bertz CT molecular complexity index is 1280. The first-order valence-electron chi connectivity index (χ1n) is 11.1. The first kappa shape index (κ1) is 32.8. The van der Waals surface area contributed by atoms with Gasteiger partial charge in [-0.1, -0.05) is 50.5 Å². The summed E-state index contributed by atoms with van der Waals surface area (Å²) in [5.74, 6) is -1.61. The molecule has 2 rings (SSSR count). The highest BCUT2D eigenvalue weighted by atomic mass is 19.4. The second kappa shape index (κ2) is 14.1. The summed E-state index contributed by atoms with van der Waals surface area (Å²) in [6.07, 6.45) is 1.46. The fraction of sp³-hybridized carbons (Fsp3) is 0.207. The normalized spacial score (nSPS) is 12.9. The first-order valence-corrected chi connectivity index (χ1v) is 11.1. The van der Waals surface area contributed by atoms with Crippen molar-refractivity contribution in [3.63, 3.8) is 0 Å². The Labute approximate surface area is 223 Å². The molecule has 2 aromatic carbocycles. The van der Waals surface area contributed by atoms with Crippen LogP contribution in [0.4, 0.5) is 32.0 Å². The lowest BCUT2D eigenvalue weighted by Crippen LogP contribution is -2.11. The molecule has 0 aliphatic carbocycles. The number of aromatic carboxylic acids is 1. The molecule has 0 amide bonds. The molecule has 0 saturated heterocycles. The van der Waals surface area contributed by atoms with Crippen LogP contribution in [0, 0.1) is 0 Å². The number of hydrogen-bond donors (Lipinski definition) is 2. The summed E-state index contributed by atoms with van der Waals surface area (Å²) in [4.78, 5) is 11.4. The Balaban J connectivity index is 0.00000760. The highest BCUT2D eigenvalue weighted by Crippen LogP contribution is 2.37. The molecule has 0 aliphatic rings. The molecule has 2 aromatic rings. The van der Waals surface area contributed by atoms with Gasteiger partial charge in [-0.2, -0.15) is 26.3 Å². The number of nitrogens with one attached hydrogen (secondary N) is 1. The Kier molecular flexibility index (Phi) is 11.9. The number of alkyl halides is 6. The highest BCUT2D eigenvalue weighted by Gasteiger charge is 2.33. The van der Waals surface area contributed by atoms with Gasteiger partial charge >= 0.3 is 18.3 Å². The Hall–Kier alpha value is -4.21. The molecule has 0 saturated carbocycles. The van der Waals surface area contributed by atoms with Crippen LogP contribution in [-0.2, 0) is 12.4 Å². The molecule has 0 heterocycles. The number of hydrogen-bond acceptors (Lipinski definition) is 3. The molecule has 0 unspecified atom stereocenters. The zero-order chi connectivity index (χ0) is 28.5. The average molecular weight is 554 g/mol. The molecule has 4 nitrogen and oxygen atoms in total. The van der Waals surface area contributed by atoms with Crippen LogP contribution in [0.15, 0.2) is 91.1 Å². The second-order valence-corrected chi connectivity index (χ2v) is 7.80. The van der Waals surface area contributed by atoms with Gasteiger partial charge in [0.25, 0.3) is 0 Å². The molecule has 0 radical (unpaired) electrons. The number of carboxylic acid groups (broad SMARTS) is 1. The molecule has 10 heteroatoms. The van der Waals surface area contributed by atoms with E-state index < -0.39 is 35.0 Å². The zero-order valence-electron chi connectivity index (χ0n) is 20.5. The van der Waals surface area contributed by atoms with E-state index in [1.807, 2.05) is 0 Å². The Morgan fingerprint density at radius 2 is 1.56 bits per heavy atom. The summed E-state index contributed by atoms with van der Waals surface area (Å²) in [7, 11) is 0. The number of anilines is 1. The molecule has 39 heavy (non-hydrogen) atoms. The standard InChI is InChI=1S/C28H25F6NO3.CH4/c1-4-7-9-18(6-3)17-38-25-12-11-20(27(29,30)31)16-23(25)24(10-8-5-2)35-22-14-19(26(36)37)13-21(15-22)28(32,33)34;/h4-16,35H,3,17H2,1-2H3,(H,36,37);1H4/b7-4-,8-5+,18-9+,24-10-;. The van der Waals surface area contributed by atoms with Crippen LogP contribution in [0.25, 0.3) is 5.70 Å². The lowest BCUT2D eigenvalue weighted by molar-refractivity contribution is -0.138. The van der Waals surface area contributed by atoms with Crippen LogP contribution in [0.1, 0.15) is 48.3 Å². The van der Waals surface area contributed by atoms with E-state index in [0.717, 1.165) is 24.3 Å². The van der Waals surface area contributed by atoms with E-state index in [0.29, 0.717) is 17.7 Å². The smallest absolute Gasteiger partial charge is 0.416 e. The fourth-order valence-corrected chi connectivity index (χ4v) is 3.13. The van der Waals surface area contributed by atoms with E-state index in [9.17, 15) is 36.2 Å². The van der Waals surface area contributed by atoms with Crippen LogP contribution >= 0.6 is 0 Å². The fourth-order valence-electron chi connectivity index (χ4n) is 3.13. The maximum atomic E-state index is 13.6. The number of rotatable bonds is 10. The van der Waals surface area contributed by atoms with E-state index in [2.05, 4.69) is 11.9 Å². The summed E-state index contributed by atoms with van der Waals surface area (Å²) in [5, 5.41) is 11.9. The van der Waals surface area contributed by atoms with Crippen LogP contribution in [-0.4, -0.2) is 17.7 Å². The van der Waals surface area contributed by atoms with Crippen molar-refractivity contribution < 1.29 is 41.0 Å². The topological polar surface area (TPSA) is 58.6 Å². The van der Waals surface area contributed by atoms with E-state index in [4.69, 9.17) is 4.74 Å². The van der Waals surface area contributed by atoms with Crippen molar-refractivity contribution in [1.29, 1.82) is 0 Å². The van der Waals surface area contributed by atoms with Gasteiger partial charge in [0.2, 0.25) is 0 Å². The van der Waals surface area contributed by atoms with Crippen molar-refractivity contribution in [1.82, 2.24) is 0 Å². The third-order valence-electron chi connectivity index (χ3n) is 5.00. The van der Waals surface area contributed by atoms with Crippen molar-refractivity contribution in [3.05, 3.63) is 113 Å². The number of carboxylic acids is 1. The largest absolute Gasteiger partial charge is 0.488 e. The number of halogens is 6. The quantitative estimate of drug-likeness (QED) is 0.228. The van der Waals surface area contributed by atoms with Gasteiger partial charge in [-0.05, 0) is 61.9 Å².